The molecule has 0 aliphatic rings. The molecule has 0 saturated heterocycles. The van der Waals surface area contributed by atoms with Crippen molar-refractivity contribution in [1.82, 2.24) is 19.9 Å². The molecule has 0 aliphatic heterocycles. The molecule has 0 aliphatic carbocycles. The predicted molar refractivity (Wildman–Crippen MR) is 109 cm³/mol. The van der Waals surface area contributed by atoms with Gasteiger partial charge in [0.2, 0.25) is 5.91 Å². The van der Waals surface area contributed by atoms with Gasteiger partial charge in [-0.25, -0.2) is 0 Å². The van der Waals surface area contributed by atoms with Crippen molar-refractivity contribution in [3.63, 3.8) is 0 Å². The number of carbonyl (C=O) groups excluding carboxylic acids is 1. The first-order valence-electron chi connectivity index (χ1n) is 9.02. The average Bonchev–Trinajstić information content (AvgIpc) is 2.98. The zero-order valence-electron chi connectivity index (χ0n) is 15.7. The van der Waals surface area contributed by atoms with E-state index in [1.54, 1.807) is 11.7 Å². The maximum absolute atomic E-state index is 12.9. The number of methoxy groups -OCH3 is 1. The topological polar surface area (TPSA) is 91.9 Å². The quantitative estimate of drug-likeness (QED) is 0.428. The van der Waals surface area contributed by atoms with Crippen LogP contribution in [-0.2, 0) is 11.3 Å². The molecule has 2 aromatic heterocycles. The molecular formula is C19H24N4O3S. The van der Waals surface area contributed by atoms with Crippen molar-refractivity contribution in [2.75, 3.05) is 7.11 Å². The van der Waals surface area contributed by atoms with E-state index >= 15 is 0 Å². The first kappa shape index (κ1) is 19.2. The van der Waals surface area contributed by atoms with E-state index in [2.05, 4.69) is 15.3 Å². The molecule has 3 aromatic rings. The van der Waals surface area contributed by atoms with E-state index in [0.717, 1.165) is 10.9 Å². The number of rotatable bonds is 7. The van der Waals surface area contributed by atoms with Gasteiger partial charge in [-0.2, -0.15) is 0 Å². The molecule has 144 valence electrons. The fourth-order valence-corrected chi connectivity index (χ4v) is 3.42. The molecule has 8 heteroatoms. The molecular weight excluding hydrogens is 364 g/mol. The Labute approximate surface area is 161 Å². The molecule has 1 aromatic carbocycles. The van der Waals surface area contributed by atoms with Gasteiger partial charge in [-0.3, -0.25) is 14.2 Å². The van der Waals surface area contributed by atoms with Crippen molar-refractivity contribution in [2.45, 2.75) is 45.7 Å². The Morgan fingerprint density at radius 1 is 1.26 bits per heavy atom. The Morgan fingerprint density at radius 3 is 2.74 bits per heavy atom. The third-order valence-corrected chi connectivity index (χ3v) is 4.75. The summed E-state index contributed by atoms with van der Waals surface area (Å²) < 4.78 is 7.19. The molecule has 3 N–H and O–H groups in total. The molecule has 0 unspecified atom stereocenters. The number of ether oxygens (including phenoxy) is 1. The summed E-state index contributed by atoms with van der Waals surface area (Å²) in [5, 5.41) is 3.73. The van der Waals surface area contributed by atoms with Crippen LogP contribution in [-0.4, -0.2) is 33.6 Å². The second-order valence-corrected chi connectivity index (χ2v) is 7.24. The normalized spacial score (nSPS) is 11.4. The maximum Gasteiger partial charge on any atom is 0.278 e. The molecule has 0 saturated carbocycles. The largest absolute Gasteiger partial charge is 0.497 e. The Hall–Kier alpha value is -2.61. The standard InChI is InChI=1S/C19H24N4O3S/c1-11(2)20-15(24)6-4-5-9-23-18(25)17-16(22-19(23)27)13-10-12(26-3)7-8-14(13)21-17/h7-8,10-11,21H,4-6,9H2,1-3H3,(H,20,24)(H,22,27). The third kappa shape index (κ3) is 4.05. The number of unbranched alkanes of at least 4 members (excludes halogenated alkanes) is 1. The van der Waals surface area contributed by atoms with Crippen LogP contribution in [0.25, 0.3) is 21.9 Å². The van der Waals surface area contributed by atoms with Crippen LogP contribution in [0.15, 0.2) is 23.0 Å². The van der Waals surface area contributed by atoms with Crippen molar-refractivity contribution < 1.29 is 9.53 Å². The molecule has 0 bridgehead atoms. The van der Waals surface area contributed by atoms with Crippen molar-refractivity contribution in [1.29, 1.82) is 0 Å². The Kier molecular flexibility index (Phi) is 5.65. The smallest absolute Gasteiger partial charge is 0.278 e. The summed E-state index contributed by atoms with van der Waals surface area (Å²) in [4.78, 5) is 30.9. The van der Waals surface area contributed by atoms with Gasteiger partial charge in [-0.15, -0.1) is 0 Å². The molecule has 3 rings (SSSR count). The van der Waals surface area contributed by atoms with Gasteiger partial charge in [0, 0.05) is 29.9 Å². The highest BCUT2D eigenvalue weighted by molar-refractivity contribution is 7.71. The number of H-pyrrole nitrogens is 2. The summed E-state index contributed by atoms with van der Waals surface area (Å²) in [6, 6.07) is 5.73. The zero-order chi connectivity index (χ0) is 19.6. The number of benzene rings is 1. The molecule has 7 nitrogen and oxygen atoms in total. The minimum Gasteiger partial charge on any atom is -0.497 e. The van der Waals surface area contributed by atoms with Gasteiger partial charge in [0.25, 0.3) is 5.56 Å². The van der Waals surface area contributed by atoms with Crippen LogP contribution >= 0.6 is 12.2 Å². The van der Waals surface area contributed by atoms with E-state index in [9.17, 15) is 9.59 Å². The highest BCUT2D eigenvalue weighted by Crippen LogP contribution is 2.25. The lowest BCUT2D eigenvalue weighted by molar-refractivity contribution is -0.121. The summed E-state index contributed by atoms with van der Waals surface area (Å²) >= 11 is 5.40. The predicted octanol–water partition coefficient (Wildman–Crippen LogP) is 3.24. The lowest BCUT2D eigenvalue weighted by Crippen LogP contribution is -2.29. The minimum absolute atomic E-state index is 0.0301. The van der Waals surface area contributed by atoms with Crippen molar-refractivity contribution in [3.05, 3.63) is 33.3 Å². The van der Waals surface area contributed by atoms with Crippen LogP contribution in [0.3, 0.4) is 0 Å². The molecule has 2 heterocycles. The highest BCUT2D eigenvalue weighted by Gasteiger charge is 2.12. The lowest BCUT2D eigenvalue weighted by Gasteiger charge is -2.09. The SMILES string of the molecule is COc1ccc2[nH]c3c(=O)n(CCCCC(=O)NC(C)C)c(=S)[nH]c3c2c1. The number of hydrogen-bond donors (Lipinski definition) is 3. The first-order chi connectivity index (χ1) is 12.9. The summed E-state index contributed by atoms with van der Waals surface area (Å²) in [7, 11) is 1.60. The summed E-state index contributed by atoms with van der Waals surface area (Å²) in [5.74, 6) is 0.745. The van der Waals surface area contributed by atoms with Crippen molar-refractivity contribution in [3.8, 4) is 5.75 Å². The zero-order valence-corrected chi connectivity index (χ0v) is 16.5. The molecule has 0 atom stereocenters. The average molecular weight is 388 g/mol. The molecule has 27 heavy (non-hydrogen) atoms. The molecule has 0 fully saturated rings. The van der Waals surface area contributed by atoms with Crippen LogP contribution in [0.2, 0.25) is 0 Å². The van der Waals surface area contributed by atoms with Crippen LogP contribution in [0.1, 0.15) is 33.1 Å². The Bertz CT molecular complexity index is 1090. The Balaban J connectivity index is 1.83. The van der Waals surface area contributed by atoms with E-state index in [-0.39, 0.29) is 17.5 Å². The number of nitrogens with one attached hydrogen (secondary N) is 3. The van der Waals surface area contributed by atoms with Gasteiger partial charge in [0.15, 0.2) is 4.77 Å². The summed E-state index contributed by atoms with van der Waals surface area (Å²) in [5.41, 5.74) is 1.86. The van der Waals surface area contributed by atoms with Crippen LogP contribution in [0.4, 0.5) is 0 Å². The van der Waals surface area contributed by atoms with Gasteiger partial charge in [0.1, 0.15) is 11.3 Å². The van der Waals surface area contributed by atoms with E-state index in [1.165, 1.54) is 0 Å². The Morgan fingerprint density at radius 2 is 2.04 bits per heavy atom. The van der Waals surface area contributed by atoms with Crippen LogP contribution in [0.5, 0.6) is 5.75 Å². The van der Waals surface area contributed by atoms with Gasteiger partial charge < -0.3 is 20.0 Å². The monoisotopic (exact) mass is 388 g/mol. The number of carbonyl (C=O) groups is 1. The third-order valence-electron chi connectivity index (χ3n) is 4.43. The summed E-state index contributed by atoms with van der Waals surface area (Å²) in [6.07, 6.45) is 1.84. The van der Waals surface area contributed by atoms with E-state index in [0.29, 0.717) is 47.4 Å². The van der Waals surface area contributed by atoms with Gasteiger partial charge >= 0.3 is 0 Å². The van der Waals surface area contributed by atoms with Gasteiger partial charge in [-0.05, 0) is 57.1 Å². The molecule has 0 radical (unpaired) electrons. The molecule has 1 amide bonds. The van der Waals surface area contributed by atoms with Crippen LogP contribution < -0.4 is 15.6 Å². The number of fused-ring (bicyclic) bond motifs is 3. The van der Waals surface area contributed by atoms with Crippen molar-refractivity contribution in [2.24, 2.45) is 0 Å². The van der Waals surface area contributed by atoms with Crippen molar-refractivity contribution >= 4 is 40.1 Å². The van der Waals surface area contributed by atoms with Gasteiger partial charge in [-0.1, -0.05) is 0 Å². The number of nitrogens with zero attached hydrogens (tertiary/aromatic N) is 1. The van der Waals surface area contributed by atoms with E-state index < -0.39 is 0 Å². The van der Waals surface area contributed by atoms with E-state index in [4.69, 9.17) is 17.0 Å². The number of hydrogen-bond acceptors (Lipinski definition) is 4. The minimum atomic E-state index is -0.157. The lowest BCUT2D eigenvalue weighted by atomic mass is 10.2. The van der Waals surface area contributed by atoms with Crippen LogP contribution in [0, 0.1) is 4.77 Å². The number of aromatic nitrogens is 3. The fraction of sp³-hybridized carbons (Fsp3) is 0.421. The second kappa shape index (κ2) is 7.96. The highest BCUT2D eigenvalue weighted by atomic mass is 32.1. The number of amides is 1. The maximum atomic E-state index is 12.9. The number of aromatic amines is 2. The molecule has 0 spiro atoms. The fourth-order valence-electron chi connectivity index (χ4n) is 3.14. The first-order valence-corrected chi connectivity index (χ1v) is 9.43. The summed E-state index contributed by atoms with van der Waals surface area (Å²) in [6.45, 7) is 4.33. The van der Waals surface area contributed by atoms with Gasteiger partial charge in [0.05, 0.1) is 12.6 Å². The van der Waals surface area contributed by atoms with E-state index in [1.807, 2.05) is 32.0 Å². The second-order valence-electron chi connectivity index (χ2n) is 6.85.